The second kappa shape index (κ2) is 9.61. The van der Waals surface area contributed by atoms with Gasteiger partial charge in [-0.05, 0) is 61.1 Å². The molecule has 3 amide bonds. The zero-order valence-electron chi connectivity index (χ0n) is 20.1. The van der Waals surface area contributed by atoms with Crippen molar-refractivity contribution in [2.24, 2.45) is 29.6 Å². The third kappa shape index (κ3) is 3.95. The fourth-order valence-electron chi connectivity index (χ4n) is 6.53. The number of halogens is 4. The molecule has 2 aliphatic heterocycles. The predicted molar refractivity (Wildman–Crippen MR) is 150 cm³/mol. The van der Waals surface area contributed by atoms with Gasteiger partial charge >= 0.3 is 5.97 Å². The van der Waals surface area contributed by atoms with E-state index in [-0.39, 0.29) is 74.8 Å². The van der Waals surface area contributed by atoms with Crippen molar-refractivity contribution in [2.45, 2.75) is 29.4 Å². The zero-order chi connectivity index (χ0) is 27.0. The average molecular weight is 685 g/mol. The van der Waals surface area contributed by atoms with E-state index >= 15 is 0 Å². The molecule has 0 aromatic heterocycles. The van der Waals surface area contributed by atoms with E-state index in [4.69, 9.17) is 27.9 Å². The highest BCUT2D eigenvalue weighted by atomic mass is 79.9. The molecule has 0 N–H and O–H groups in total. The first-order chi connectivity index (χ1) is 18.1. The van der Waals surface area contributed by atoms with Crippen molar-refractivity contribution in [3.63, 3.8) is 0 Å². The standard InChI is InChI=1S/C27H22Br2Cl2N2O5/c1-11-7-13(38-27(37)12-8-19(34)32(10-12)18-4-2-3-16(30)24(18)31)5-6-17(11)33-25(35)20-14-9-15(21(20)26(33)36)23(29)22(14)28/h2-7,12,14-15,20-23H,8-10H2,1H3/t12-,14-,15-,20-,21+,22+,23+/m1/s1. The van der Waals surface area contributed by atoms with Crippen LogP contribution in [0.5, 0.6) is 5.75 Å². The number of ether oxygens (including phenoxy) is 1. The highest BCUT2D eigenvalue weighted by molar-refractivity contribution is 9.12. The second-order valence-electron chi connectivity index (χ2n) is 10.4. The highest BCUT2D eigenvalue weighted by Gasteiger charge is 2.66. The van der Waals surface area contributed by atoms with Gasteiger partial charge in [0.1, 0.15) is 5.75 Å². The fraction of sp³-hybridized carbons (Fsp3) is 0.407. The van der Waals surface area contributed by atoms with E-state index in [1.807, 2.05) is 0 Å². The molecule has 0 spiro atoms. The first-order valence-corrected chi connectivity index (χ1v) is 14.9. The number of anilines is 2. The Balaban J connectivity index is 1.17. The normalized spacial score (nSPS) is 31.9. The molecule has 0 radical (unpaired) electrons. The van der Waals surface area contributed by atoms with Crippen LogP contribution in [0.15, 0.2) is 36.4 Å². The number of carbonyl (C=O) groups excluding carboxylic acids is 4. The lowest BCUT2D eigenvalue weighted by atomic mass is 9.81. The fourth-order valence-corrected chi connectivity index (χ4v) is 8.80. The maximum atomic E-state index is 13.4. The largest absolute Gasteiger partial charge is 0.426 e. The highest BCUT2D eigenvalue weighted by Crippen LogP contribution is 2.60. The topological polar surface area (TPSA) is 84.0 Å². The second-order valence-corrected chi connectivity index (χ2v) is 13.3. The van der Waals surface area contributed by atoms with Crippen LogP contribution < -0.4 is 14.5 Å². The van der Waals surface area contributed by atoms with Gasteiger partial charge in [0.25, 0.3) is 0 Å². The van der Waals surface area contributed by atoms with Gasteiger partial charge in [-0.25, -0.2) is 4.90 Å². The summed E-state index contributed by atoms with van der Waals surface area (Å²) in [5, 5.41) is 0.577. The molecule has 0 unspecified atom stereocenters. The molecule has 7 nitrogen and oxygen atoms in total. The van der Waals surface area contributed by atoms with Crippen molar-refractivity contribution in [3.8, 4) is 5.75 Å². The van der Waals surface area contributed by atoms with Crippen LogP contribution in [0.1, 0.15) is 18.4 Å². The van der Waals surface area contributed by atoms with Gasteiger partial charge in [0, 0.05) is 22.6 Å². The summed E-state index contributed by atoms with van der Waals surface area (Å²) in [5.74, 6) is -1.86. The quantitative estimate of drug-likeness (QED) is 0.183. The molecule has 38 heavy (non-hydrogen) atoms. The summed E-state index contributed by atoms with van der Waals surface area (Å²) < 4.78 is 5.61. The number of fused-ring (bicyclic) bond motifs is 5. The van der Waals surface area contributed by atoms with Gasteiger partial charge in [-0.3, -0.25) is 19.2 Å². The smallest absolute Gasteiger partial charge is 0.316 e. The summed E-state index contributed by atoms with van der Waals surface area (Å²) in [6.07, 6.45) is 0.856. The Kier molecular flexibility index (Phi) is 6.65. The maximum Gasteiger partial charge on any atom is 0.316 e. The van der Waals surface area contributed by atoms with E-state index < -0.39 is 11.9 Å². The minimum absolute atomic E-state index is 0.0102. The number of hydrogen-bond acceptors (Lipinski definition) is 5. The van der Waals surface area contributed by atoms with E-state index in [1.54, 1.807) is 43.3 Å². The lowest BCUT2D eigenvalue weighted by Crippen LogP contribution is -2.37. The Hall–Kier alpha value is -1.94. The number of hydrogen-bond donors (Lipinski definition) is 0. The molecule has 7 atom stereocenters. The molecule has 2 aliphatic carbocycles. The van der Waals surface area contributed by atoms with Crippen molar-refractivity contribution in [1.29, 1.82) is 0 Å². The van der Waals surface area contributed by atoms with Gasteiger partial charge in [-0.15, -0.1) is 0 Å². The van der Waals surface area contributed by atoms with E-state index in [9.17, 15) is 19.2 Å². The van der Waals surface area contributed by atoms with Crippen LogP contribution >= 0.6 is 55.1 Å². The molecule has 2 saturated heterocycles. The number of aryl methyl sites for hydroxylation is 1. The first-order valence-electron chi connectivity index (χ1n) is 12.3. The molecule has 2 saturated carbocycles. The monoisotopic (exact) mass is 682 g/mol. The SMILES string of the molecule is Cc1cc(OC(=O)[C@@H]2CC(=O)N(c3cccc(Cl)c3Cl)C2)ccc1N1C(=O)[C@@H]2[C@H]3C[C@@H]([C@H](Br)[C@H]3Br)[C@@H]2C1=O. The van der Waals surface area contributed by atoms with Gasteiger partial charge in [-0.1, -0.05) is 61.1 Å². The van der Waals surface area contributed by atoms with E-state index in [1.165, 1.54) is 9.80 Å². The molecule has 2 aromatic carbocycles. The van der Waals surface area contributed by atoms with Crippen molar-refractivity contribution in [1.82, 2.24) is 0 Å². The van der Waals surface area contributed by atoms with Crippen molar-refractivity contribution < 1.29 is 23.9 Å². The Morgan fingerprint density at radius 2 is 1.63 bits per heavy atom. The molecule has 6 rings (SSSR count). The summed E-state index contributed by atoms with van der Waals surface area (Å²) in [4.78, 5) is 55.4. The number of alkyl halides is 2. The number of carbonyl (C=O) groups is 4. The maximum absolute atomic E-state index is 13.4. The summed E-state index contributed by atoms with van der Waals surface area (Å²) in [7, 11) is 0. The van der Waals surface area contributed by atoms with Crippen molar-refractivity contribution in [2.75, 3.05) is 16.3 Å². The Bertz CT molecular complexity index is 1370. The summed E-state index contributed by atoms with van der Waals surface area (Å²) >= 11 is 19.8. The lowest BCUT2D eigenvalue weighted by molar-refractivity contribution is -0.139. The van der Waals surface area contributed by atoms with Crippen LogP contribution in [-0.4, -0.2) is 39.9 Å². The van der Waals surface area contributed by atoms with Crippen molar-refractivity contribution >= 4 is 90.1 Å². The molecule has 2 heterocycles. The molecule has 4 fully saturated rings. The predicted octanol–water partition coefficient (Wildman–Crippen LogP) is 5.54. The van der Waals surface area contributed by atoms with Crippen LogP contribution in [0.3, 0.4) is 0 Å². The van der Waals surface area contributed by atoms with Gasteiger partial charge in [-0.2, -0.15) is 0 Å². The molecule has 198 valence electrons. The van der Waals surface area contributed by atoms with Crippen LogP contribution in [0, 0.1) is 36.5 Å². The minimum Gasteiger partial charge on any atom is -0.426 e. The molecule has 2 aromatic rings. The third-order valence-corrected chi connectivity index (χ3v) is 12.3. The van der Waals surface area contributed by atoms with Crippen LogP contribution in [0.25, 0.3) is 0 Å². The van der Waals surface area contributed by atoms with E-state index in [2.05, 4.69) is 31.9 Å². The van der Waals surface area contributed by atoms with Gasteiger partial charge in [0.15, 0.2) is 0 Å². The number of rotatable bonds is 4. The summed E-state index contributed by atoms with van der Waals surface area (Å²) in [6.45, 7) is 1.90. The number of amides is 3. The average Bonchev–Trinajstić information content (AvgIpc) is 3.59. The molecule has 2 bridgehead atoms. The van der Waals surface area contributed by atoms with E-state index in [0.29, 0.717) is 22.0 Å². The van der Waals surface area contributed by atoms with Gasteiger partial charge in [0.2, 0.25) is 17.7 Å². The number of imide groups is 1. The molecular weight excluding hydrogens is 663 g/mol. The summed E-state index contributed by atoms with van der Waals surface area (Å²) in [5.41, 5.74) is 1.60. The zero-order valence-corrected chi connectivity index (χ0v) is 24.8. The number of nitrogens with zero attached hydrogens (tertiary/aromatic N) is 2. The minimum atomic E-state index is -0.677. The first kappa shape index (κ1) is 26.3. The Morgan fingerprint density at radius 3 is 2.26 bits per heavy atom. The van der Waals surface area contributed by atoms with Crippen molar-refractivity contribution in [3.05, 3.63) is 52.0 Å². The number of esters is 1. The molecule has 11 heteroatoms. The molecule has 4 aliphatic rings. The van der Waals surface area contributed by atoms with E-state index in [0.717, 1.165) is 6.42 Å². The Labute approximate surface area is 246 Å². The molecular formula is C27H22Br2Cl2N2O5. The lowest BCUT2D eigenvalue weighted by Gasteiger charge is -2.28. The van der Waals surface area contributed by atoms with Crippen LogP contribution in [-0.2, 0) is 19.2 Å². The summed E-state index contributed by atoms with van der Waals surface area (Å²) in [6, 6.07) is 9.86. The third-order valence-electron chi connectivity index (χ3n) is 8.30. The van der Waals surface area contributed by atoms with Crippen LogP contribution in [0.2, 0.25) is 10.0 Å². The number of benzene rings is 2. The van der Waals surface area contributed by atoms with Gasteiger partial charge < -0.3 is 9.64 Å². The van der Waals surface area contributed by atoms with Gasteiger partial charge in [0.05, 0.1) is 39.2 Å². The van der Waals surface area contributed by atoms with Crippen LogP contribution in [0.4, 0.5) is 11.4 Å². The Morgan fingerprint density at radius 1 is 0.974 bits per heavy atom.